The van der Waals surface area contributed by atoms with E-state index in [0.29, 0.717) is 0 Å². The van der Waals surface area contributed by atoms with E-state index in [4.69, 9.17) is 0 Å². The third kappa shape index (κ3) is 3.08. The van der Waals surface area contributed by atoms with Gasteiger partial charge in [0.15, 0.2) is 0 Å². The van der Waals surface area contributed by atoms with Gasteiger partial charge in [0.2, 0.25) is 0 Å². The quantitative estimate of drug-likeness (QED) is 0.550. The Balaban J connectivity index is 2.32. The van der Waals surface area contributed by atoms with Crippen molar-refractivity contribution in [3.05, 3.63) is 35.5 Å². The average Bonchev–Trinajstić information content (AvgIpc) is 2.16. The van der Waals surface area contributed by atoms with E-state index in [1.807, 2.05) is 0 Å². The van der Waals surface area contributed by atoms with Crippen LogP contribution in [0.4, 0.5) is 0 Å². The fourth-order valence-electron chi connectivity index (χ4n) is 1.34. The first-order valence-corrected chi connectivity index (χ1v) is 4.80. The average molecular weight is 162 g/mol. The summed E-state index contributed by atoms with van der Waals surface area (Å²) in [5.41, 5.74) is 3.01. The van der Waals surface area contributed by atoms with Gasteiger partial charge in [-0.15, -0.1) is 0 Å². The predicted molar refractivity (Wildman–Crippen MR) is 55.1 cm³/mol. The van der Waals surface area contributed by atoms with Crippen LogP contribution < -0.4 is 0 Å². The molecule has 1 aliphatic carbocycles. The molecule has 0 atom stereocenters. The second-order valence-corrected chi connectivity index (χ2v) is 3.39. The molecule has 0 N–H and O–H groups in total. The summed E-state index contributed by atoms with van der Waals surface area (Å²) in [4.78, 5) is 0. The van der Waals surface area contributed by atoms with Crippen molar-refractivity contribution in [3.8, 4) is 0 Å². The summed E-state index contributed by atoms with van der Waals surface area (Å²) in [5.74, 6) is 0. The lowest BCUT2D eigenvalue weighted by Gasteiger charge is -2.06. The first-order chi connectivity index (χ1) is 5.83. The highest BCUT2D eigenvalue weighted by Gasteiger charge is 1.97. The number of hydrogen-bond donors (Lipinski definition) is 0. The van der Waals surface area contributed by atoms with Gasteiger partial charge in [-0.3, -0.25) is 0 Å². The van der Waals surface area contributed by atoms with Gasteiger partial charge in [0.25, 0.3) is 0 Å². The molecule has 1 aliphatic rings. The van der Waals surface area contributed by atoms with Gasteiger partial charge in [0.05, 0.1) is 0 Å². The Labute approximate surface area is 75.7 Å². The molecule has 0 nitrogen and oxygen atoms in total. The van der Waals surface area contributed by atoms with Gasteiger partial charge in [-0.1, -0.05) is 35.5 Å². The molecule has 0 saturated heterocycles. The zero-order valence-electron chi connectivity index (χ0n) is 8.14. The molecule has 0 radical (unpaired) electrons. The summed E-state index contributed by atoms with van der Waals surface area (Å²) in [6, 6.07) is 0. The van der Waals surface area contributed by atoms with Crippen molar-refractivity contribution >= 4 is 0 Å². The second kappa shape index (κ2) is 4.97. The Morgan fingerprint density at radius 2 is 2.33 bits per heavy atom. The van der Waals surface area contributed by atoms with Crippen LogP contribution in [-0.2, 0) is 0 Å². The molecule has 66 valence electrons. The molecular formula is C12H18. The maximum atomic E-state index is 2.36. The molecule has 0 heteroatoms. The van der Waals surface area contributed by atoms with Gasteiger partial charge < -0.3 is 0 Å². The molecule has 0 aromatic heterocycles. The van der Waals surface area contributed by atoms with Crippen LogP contribution >= 0.6 is 0 Å². The van der Waals surface area contributed by atoms with Crippen LogP contribution in [0.15, 0.2) is 35.5 Å². The van der Waals surface area contributed by atoms with Crippen molar-refractivity contribution in [3.63, 3.8) is 0 Å². The van der Waals surface area contributed by atoms with Crippen LogP contribution in [0.5, 0.6) is 0 Å². The SMILES string of the molecule is C/C=C(\C)CCC1=CCCC=C1. The van der Waals surface area contributed by atoms with Crippen molar-refractivity contribution in [2.75, 3.05) is 0 Å². The van der Waals surface area contributed by atoms with E-state index >= 15 is 0 Å². The molecule has 0 saturated carbocycles. The minimum atomic E-state index is 1.21. The molecule has 0 amide bonds. The Kier molecular flexibility index (Phi) is 3.86. The first-order valence-electron chi connectivity index (χ1n) is 4.80. The monoisotopic (exact) mass is 162 g/mol. The Bertz CT molecular complexity index is 216. The zero-order valence-corrected chi connectivity index (χ0v) is 8.14. The topological polar surface area (TPSA) is 0 Å². The molecule has 0 aromatic rings. The maximum Gasteiger partial charge on any atom is -0.0245 e. The lowest BCUT2D eigenvalue weighted by Crippen LogP contribution is -1.86. The zero-order chi connectivity index (χ0) is 8.81. The van der Waals surface area contributed by atoms with Gasteiger partial charge in [0, 0.05) is 0 Å². The molecule has 0 unspecified atom stereocenters. The van der Waals surface area contributed by atoms with Crippen molar-refractivity contribution in [1.82, 2.24) is 0 Å². The number of rotatable bonds is 3. The van der Waals surface area contributed by atoms with E-state index in [1.165, 1.54) is 36.8 Å². The summed E-state index contributed by atoms with van der Waals surface area (Å²) >= 11 is 0. The van der Waals surface area contributed by atoms with Gasteiger partial charge in [0.1, 0.15) is 0 Å². The van der Waals surface area contributed by atoms with Crippen molar-refractivity contribution < 1.29 is 0 Å². The van der Waals surface area contributed by atoms with Crippen LogP contribution in [0.3, 0.4) is 0 Å². The molecule has 1 rings (SSSR count). The van der Waals surface area contributed by atoms with E-state index in [9.17, 15) is 0 Å². The molecule has 0 aliphatic heterocycles. The van der Waals surface area contributed by atoms with Gasteiger partial charge >= 0.3 is 0 Å². The van der Waals surface area contributed by atoms with Crippen LogP contribution in [0.2, 0.25) is 0 Å². The number of allylic oxidation sites excluding steroid dienone is 6. The lowest BCUT2D eigenvalue weighted by molar-refractivity contribution is 0.907. The molecule has 0 aromatic carbocycles. The summed E-state index contributed by atoms with van der Waals surface area (Å²) in [6.45, 7) is 4.31. The highest BCUT2D eigenvalue weighted by Crippen LogP contribution is 2.17. The van der Waals surface area contributed by atoms with E-state index in [-0.39, 0.29) is 0 Å². The van der Waals surface area contributed by atoms with Gasteiger partial charge in [-0.25, -0.2) is 0 Å². The third-order valence-corrected chi connectivity index (χ3v) is 2.37. The van der Waals surface area contributed by atoms with E-state index in [0.717, 1.165) is 0 Å². The predicted octanol–water partition coefficient (Wildman–Crippen LogP) is 4.01. The summed E-state index contributed by atoms with van der Waals surface area (Å²) < 4.78 is 0. The van der Waals surface area contributed by atoms with E-state index in [2.05, 4.69) is 38.2 Å². The maximum absolute atomic E-state index is 2.36. The van der Waals surface area contributed by atoms with Crippen LogP contribution in [0, 0.1) is 0 Å². The molecule has 0 spiro atoms. The van der Waals surface area contributed by atoms with Gasteiger partial charge in [-0.05, 0) is 39.5 Å². The Morgan fingerprint density at radius 3 is 2.92 bits per heavy atom. The smallest absolute Gasteiger partial charge is 0.0245 e. The van der Waals surface area contributed by atoms with Crippen molar-refractivity contribution in [1.29, 1.82) is 0 Å². The van der Waals surface area contributed by atoms with Crippen molar-refractivity contribution in [2.45, 2.75) is 39.5 Å². The normalized spacial score (nSPS) is 17.8. The molecule has 12 heavy (non-hydrogen) atoms. The highest BCUT2D eigenvalue weighted by molar-refractivity contribution is 5.22. The second-order valence-electron chi connectivity index (χ2n) is 3.39. The fourth-order valence-corrected chi connectivity index (χ4v) is 1.34. The van der Waals surface area contributed by atoms with Crippen molar-refractivity contribution in [2.24, 2.45) is 0 Å². The highest BCUT2D eigenvalue weighted by atomic mass is 14.0. The molecule has 0 heterocycles. The van der Waals surface area contributed by atoms with Crippen LogP contribution in [-0.4, -0.2) is 0 Å². The molecular weight excluding hydrogens is 144 g/mol. The molecule has 0 fully saturated rings. The minimum Gasteiger partial charge on any atom is -0.0887 e. The van der Waals surface area contributed by atoms with Crippen LogP contribution in [0.1, 0.15) is 39.5 Å². The third-order valence-electron chi connectivity index (χ3n) is 2.37. The lowest BCUT2D eigenvalue weighted by atomic mass is 10.0. The van der Waals surface area contributed by atoms with Crippen LogP contribution in [0.25, 0.3) is 0 Å². The Morgan fingerprint density at radius 1 is 1.50 bits per heavy atom. The Hall–Kier alpha value is -0.780. The fraction of sp³-hybridized carbons (Fsp3) is 0.500. The largest absolute Gasteiger partial charge is 0.0887 e. The summed E-state index contributed by atoms with van der Waals surface area (Å²) in [6.07, 6.45) is 14.0. The van der Waals surface area contributed by atoms with E-state index < -0.39 is 0 Å². The first kappa shape index (κ1) is 9.31. The van der Waals surface area contributed by atoms with E-state index in [1.54, 1.807) is 0 Å². The summed E-state index contributed by atoms with van der Waals surface area (Å²) in [7, 11) is 0. The molecule has 0 bridgehead atoms. The standard InChI is InChI=1S/C12H18/c1-3-11(2)9-10-12-7-5-4-6-8-12/h3,5,7-8H,4,6,9-10H2,1-2H3/b11-3+. The van der Waals surface area contributed by atoms with Gasteiger partial charge in [-0.2, -0.15) is 0 Å². The minimum absolute atomic E-state index is 1.21. The number of hydrogen-bond acceptors (Lipinski definition) is 0. The summed E-state index contributed by atoms with van der Waals surface area (Å²) in [5, 5.41) is 0.